The molecule has 0 bridgehead atoms. The second-order valence-corrected chi connectivity index (χ2v) is 6.83. The number of amides is 3. The number of likely N-dealkylation sites (tertiary alicyclic amines) is 2. The number of nitrogens with zero attached hydrogens (tertiary/aromatic N) is 2. The third kappa shape index (κ3) is 4.33. The van der Waals surface area contributed by atoms with Gasteiger partial charge < -0.3 is 19.9 Å². The van der Waals surface area contributed by atoms with Crippen LogP contribution < -0.4 is 10.1 Å². The topological polar surface area (TPSA) is 79.0 Å². The van der Waals surface area contributed by atoms with Gasteiger partial charge >= 0.3 is 0 Å². The van der Waals surface area contributed by atoms with E-state index in [0.29, 0.717) is 24.3 Å². The number of benzene rings is 1. The molecule has 2 saturated heterocycles. The van der Waals surface area contributed by atoms with Crippen LogP contribution in [0.25, 0.3) is 0 Å². The Bertz CT molecular complexity index is 685. The zero-order chi connectivity index (χ0) is 18.5. The minimum absolute atomic E-state index is 0.0286. The Hall–Kier alpha value is -2.57. The van der Waals surface area contributed by atoms with Crippen molar-refractivity contribution in [2.45, 2.75) is 31.7 Å². The maximum Gasteiger partial charge on any atom is 0.260 e. The van der Waals surface area contributed by atoms with E-state index in [4.69, 9.17) is 4.74 Å². The van der Waals surface area contributed by atoms with Crippen LogP contribution in [0.4, 0.5) is 0 Å². The highest BCUT2D eigenvalue weighted by molar-refractivity contribution is 5.98. The Balaban J connectivity index is 1.54. The van der Waals surface area contributed by atoms with Crippen molar-refractivity contribution in [1.82, 2.24) is 15.1 Å². The van der Waals surface area contributed by atoms with E-state index in [1.165, 1.54) is 6.42 Å². The molecule has 1 atom stereocenters. The Morgan fingerprint density at radius 3 is 2.65 bits per heavy atom. The van der Waals surface area contributed by atoms with E-state index >= 15 is 0 Å². The van der Waals surface area contributed by atoms with Crippen LogP contribution in [-0.4, -0.2) is 66.9 Å². The normalized spacial score (nSPS) is 20.2. The predicted octanol–water partition coefficient (Wildman–Crippen LogP) is 1.04. The highest BCUT2D eigenvalue weighted by Gasteiger charge is 2.30. The van der Waals surface area contributed by atoms with Crippen molar-refractivity contribution in [3.63, 3.8) is 0 Å². The van der Waals surface area contributed by atoms with Crippen LogP contribution in [0, 0.1) is 0 Å². The summed E-state index contributed by atoms with van der Waals surface area (Å²) < 4.78 is 5.57. The lowest BCUT2D eigenvalue weighted by Gasteiger charge is -2.26. The van der Waals surface area contributed by atoms with Gasteiger partial charge in [-0.05, 0) is 43.9 Å². The van der Waals surface area contributed by atoms with Gasteiger partial charge in [0.15, 0.2) is 6.61 Å². The van der Waals surface area contributed by atoms with Crippen LogP contribution in [0.3, 0.4) is 0 Å². The van der Waals surface area contributed by atoms with Gasteiger partial charge in [-0.15, -0.1) is 0 Å². The quantitative estimate of drug-likeness (QED) is 0.852. The van der Waals surface area contributed by atoms with E-state index in [-0.39, 0.29) is 24.3 Å². The van der Waals surface area contributed by atoms with Crippen LogP contribution in [0.2, 0.25) is 0 Å². The summed E-state index contributed by atoms with van der Waals surface area (Å²) in [4.78, 5) is 39.9. The molecule has 1 aromatic rings. The van der Waals surface area contributed by atoms with Gasteiger partial charge in [0.25, 0.3) is 11.8 Å². The number of nitrogens with one attached hydrogen (secondary N) is 1. The van der Waals surface area contributed by atoms with E-state index in [9.17, 15) is 14.4 Å². The fraction of sp³-hybridized carbons (Fsp3) is 0.526. The van der Waals surface area contributed by atoms with E-state index in [2.05, 4.69) is 5.32 Å². The van der Waals surface area contributed by atoms with E-state index in [1.807, 2.05) is 4.90 Å². The van der Waals surface area contributed by atoms with Gasteiger partial charge in [0.1, 0.15) is 11.8 Å². The molecule has 0 radical (unpaired) electrons. The van der Waals surface area contributed by atoms with Crippen molar-refractivity contribution in [2.24, 2.45) is 0 Å². The summed E-state index contributed by atoms with van der Waals surface area (Å²) in [5.74, 6) is 0.0568. The smallest absolute Gasteiger partial charge is 0.260 e. The van der Waals surface area contributed by atoms with E-state index in [0.717, 1.165) is 25.9 Å². The third-order valence-corrected chi connectivity index (χ3v) is 4.90. The van der Waals surface area contributed by atoms with Gasteiger partial charge in [-0.1, -0.05) is 6.07 Å². The molecule has 0 spiro atoms. The number of piperidine rings is 1. The summed E-state index contributed by atoms with van der Waals surface area (Å²) in [6.45, 7) is 2.19. The van der Waals surface area contributed by atoms with Gasteiger partial charge in [-0.3, -0.25) is 14.4 Å². The SMILES string of the molecule is CN1CC[C@H](NC(=O)c2cccc(OCC(=O)N3CCCCC3)c2)C1=O. The number of ether oxygens (including phenoxy) is 1. The molecule has 3 rings (SSSR count). The maximum absolute atomic E-state index is 12.4. The maximum atomic E-state index is 12.4. The van der Waals surface area contributed by atoms with Crippen LogP contribution in [0.5, 0.6) is 5.75 Å². The molecule has 7 heteroatoms. The lowest BCUT2D eigenvalue weighted by Crippen LogP contribution is -2.40. The molecule has 0 aromatic heterocycles. The average Bonchev–Trinajstić information content (AvgIpc) is 2.99. The van der Waals surface area contributed by atoms with Crippen molar-refractivity contribution in [1.29, 1.82) is 0 Å². The molecule has 26 heavy (non-hydrogen) atoms. The lowest BCUT2D eigenvalue weighted by atomic mass is 10.1. The molecule has 2 heterocycles. The van der Waals surface area contributed by atoms with E-state index in [1.54, 1.807) is 36.2 Å². The number of carbonyl (C=O) groups excluding carboxylic acids is 3. The Morgan fingerprint density at radius 2 is 1.96 bits per heavy atom. The van der Waals surface area contributed by atoms with Crippen molar-refractivity contribution in [3.05, 3.63) is 29.8 Å². The second-order valence-electron chi connectivity index (χ2n) is 6.83. The molecule has 3 amide bonds. The van der Waals surface area contributed by atoms with Crippen LogP contribution in [0.15, 0.2) is 24.3 Å². The number of likely N-dealkylation sites (N-methyl/N-ethyl adjacent to an activating group) is 1. The summed E-state index contributed by atoms with van der Waals surface area (Å²) in [6.07, 6.45) is 3.86. The molecule has 0 unspecified atom stereocenters. The van der Waals surface area contributed by atoms with Crippen molar-refractivity contribution in [2.75, 3.05) is 33.3 Å². The van der Waals surface area contributed by atoms with Gasteiger partial charge in [-0.2, -0.15) is 0 Å². The number of carbonyl (C=O) groups is 3. The fourth-order valence-corrected chi connectivity index (χ4v) is 3.30. The predicted molar refractivity (Wildman–Crippen MR) is 95.9 cm³/mol. The Morgan fingerprint density at radius 1 is 1.19 bits per heavy atom. The zero-order valence-corrected chi connectivity index (χ0v) is 15.1. The first-order valence-electron chi connectivity index (χ1n) is 9.11. The molecule has 1 N–H and O–H groups in total. The largest absolute Gasteiger partial charge is 0.484 e. The van der Waals surface area contributed by atoms with Crippen LogP contribution >= 0.6 is 0 Å². The Labute approximate surface area is 153 Å². The molecule has 7 nitrogen and oxygen atoms in total. The minimum Gasteiger partial charge on any atom is -0.484 e. The molecule has 140 valence electrons. The van der Waals surface area contributed by atoms with Gasteiger partial charge in [0.2, 0.25) is 5.91 Å². The number of hydrogen-bond acceptors (Lipinski definition) is 4. The molecule has 0 aliphatic carbocycles. The average molecular weight is 359 g/mol. The second kappa shape index (κ2) is 8.21. The summed E-state index contributed by atoms with van der Waals surface area (Å²) in [6, 6.07) is 6.21. The fourth-order valence-electron chi connectivity index (χ4n) is 3.30. The highest BCUT2D eigenvalue weighted by Crippen LogP contribution is 2.16. The van der Waals surface area contributed by atoms with Crippen molar-refractivity contribution in [3.8, 4) is 5.75 Å². The minimum atomic E-state index is -0.474. The summed E-state index contributed by atoms with van der Waals surface area (Å²) >= 11 is 0. The first kappa shape index (κ1) is 18.2. The highest BCUT2D eigenvalue weighted by atomic mass is 16.5. The van der Waals surface area contributed by atoms with Crippen molar-refractivity contribution >= 4 is 17.7 Å². The van der Waals surface area contributed by atoms with Gasteiger partial charge in [-0.25, -0.2) is 0 Å². The molecule has 1 aromatic carbocycles. The number of rotatable bonds is 5. The monoisotopic (exact) mass is 359 g/mol. The molecule has 2 aliphatic heterocycles. The first-order valence-corrected chi connectivity index (χ1v) is 9.11. The third-order valence-electron chi connectivity index (χ3n) is 4.90. The zero-order valence-electron chi connectivity index (χ0n) is 15.1. The van der Waals surface area contributed by atoms with E-state index < -0.39 is 6.04 Å². The molecule has 0 saturated carbocycles. The van der Waals surface area contributed by atoms with Crippen molar-refractivity contribution < 1.29 is 19.1 Å². The summed E-state index contributed by atoms with van der Waals surface area (Å²) in [7, 11) is 1.72. The van der Waals surface area contributed by atoms with Crippen LogP contribution in [-0.2, 0) is 9.59 Å². The van der Waals surface area contributed by atoms with Crippen LogP contribution in [0.1, 0.15) is 36.0 Å². The molecule has 2 fully saturated rings. The number of hydrogen-bond donors (Lipinski definition) is 1. The first-order chi connectivity index (χ1) is 12.5. The van der Waals surface area contributed by atoms with Gasteiger partial charge in [0, 0.05) is 32.2 Å². The lowest BCUT2D eigenvalue weighted by molar-refractivity contribution is -0.134. The standard InChI is InChI=1S/C19H25N3O4/c1-21-11-8-16(19(21)25)20-18(24)14-6-5-7-15(12-14)26-13-17(23)22-9-3-2-4-10-22/h5-7,12,16H,2-4,8-11,13H2,1H3,(H,20,24)/t16-/m0/s1. The van der Waals surface area contributed by atoms with Gasteiger partial charge in [0.05, 0.1) is 0 Å². The molecule has 2 aliphatic rings. The molecular formula is C19H25N3O4. The summed E-state index contributed by atoms with van der Waals surface area (Å²) in [5.41, 5.74) is 0.412. The Kier molecular flexibility index (Phi) is 5.75. The molecular weight excluding hydrogens is 334 g/mol. The summed E-state index contributed by atoms with van der Waals surface area (Å²) in [5, 5.41) is 2.76.